The lowest BCUT2D eigenvalue weighted by Crippen LogP contribution is -2.51. The number of aliphatic carboxylic acids is 1. The first-order valence-corrected chi connectivity index (χ1v) is 7.21. The Morgan fingerprint density at radius 2 is 2.35 bits per heavy atom. The van der Waals surface area contributed by atoms with Gasteiger partial charge in [0, 0.05) is 24.2 Å². The first-order valence-electron chi connectivity index (χ1n) is 6.33. The second kappa shape index (κ2) is 5.66. The standard InChI is InChI=1S/C12H17N3O4S/c1-12(9(16)17)3-2-4-15(7-12)10(18)13-5-8-6-20-11(19)14-8/h6H,2-5,7H2,1H3,(H,13,18)(H,14,19)(H,16,17). The molecule has 0 aromatic carbocycles. The van der Waals surface area contributed by atoms with Gasteiger partial charge in [0.15, 0.2) is 0 Å². The number of nitrogens with one attached hydrogen (secondary N) is 2. The van der Waals surface area contributed by atoms with Crippen LogP contribution in [0, 0.1) is 5.41 Å². The van der Waals surface area contributed by atoms with E-state index in [1.165, 1.54) is 4.90 Å². The van der Waals surface area contributed by atoms with Crippen molar-refractivity contribution < 1.29 is 14.7 Å². The number of piperidine rings is 1. The average molecular weight is 299 g/mol. The maximum Gasteiger partial charge on any atom is 0.317 e. The molecule has 0 aliphatic carbocycles. The van der Waals surface area contributed by atoms with E-state index >= 15 is 0 Å². The number of aromatic nitrogens is 1. The quantitative estimate of drug-likeness (QED) is 0.769. The van der Waals surface area contributed by atoms with Gasteiger partial charge in [-0.3, -0.25) is 9.59 Å². The molecular weight excluding hydrogens is 282 g/mol. The van der Waals surface area contributed by atoms with Crippen molar-refractivity contribution in [1.82, 2.24) is 15.2 Å². The van der Waals surface area contributed by atoms with Crippen molar-refractivity contribution >= 4 is 23.3 Å². The molecule has 0 saturated carbocycles. The molecule has 3 N–H and O–H groups in total. The minimum Gasteiger partial charge on any atom is -0.481 e. The van der Waals surface area contributed by atoms with Gasteiger partial charge in [0.05, 0.1) is 12.0 Å². The van der Waals surface area contributed by atoms with Crippen LogP contribution in [-0.2, 0) is 11.3 Å². The number of nitrogens with zero attached hydrogens (tertiary/aromatic N) is 1. The molecule has 1 fully saturated rings. The van der Waals surface area contributed by atoms with E-state index in [-0.39, 0.29) is 24.0 Å². The lowest BCUT2D eigenvalue weighted by Gasteiger charge is -2.37. The highest BCUT2D eigenvalue weighted by Crippen LogP contribution is 2.29. The van der Waals surface area contributed by atoms with E-state index in [0.29, 0.717) is 25.1 Å². The molecule has 1 unspecified atom stereocenters. The topological polar surface area (TPSA) is 102 Å². The van der Waals surface area contributed by atoms with Crippen LogP contribution in [0.2, 0.25) is 0 Å². The van der Waals surface area contributed by atoms with Gasteiger partial charge in [-0.05, 0) is 19.8 Å². The second-order valence-electron chi connectivity index (χ2n) is 5.22. The molecule has 0 bridgehead atoms. The summed E-state index contributed by atoms with van der Waals surface area (Å²) in [5.41, 5.74) is -0.238. The number of hydrogen-bond acceptors (Lipinski definition) is 4. The molecule has 2 amide bonds. The van der Waals surface area contributed by atoms with Crippen molar-refractivity contribution in [3.05, 3.63) is 20.7 Å². The fraction of sp³-hybridized carbons (Fsp3) is 0.583. The van der Waals surface area contributed by atoms with Gasteiger partial charge >= 0.3 is 16.9 Å². The number of carboxylic acids is 1. The van der Waals surface area contributed by atoms with Crippen molar-refractivity contribution in [3.8, 4) is 0 Å². The van der Waals surface area contributed by atoms with Crippen molar-refractivity contribution in [2.24, 2.45) is 5.41 Å². The zero-order valence-electron chi connectivity index (χ0n) is 11.1. The van der Waals surface area contributed by atoms with E-state index in [0.717, 1.165) is 11.3 Å². The second-order valence-corrected chi connectivity index (χ2v) is 6.07. The number of H-pyrrole nitrogens is 1. The van der Waals surface area contributed by atoms with Crippen LogP contribution in [0.1, 0.15) is 25.5 Å². The van der Waals surface area contributed by atoms with Gasteiger partial charge in [-0.15, -0.1) is 0 Å². The molecule has 7 nitrogen and oxygen atoms in total. The maximum atomic E-state index is 12.0. The van der Waals surface area contributed by atoms with Crippen molar-refractivity contribution in [3.63, 3.8) is 0 Å². The highest BCUT2D eigenvalue weighted by Gasteiger charge is 2.39. The number of urea groups is 1. The fourth-order valence-corrected chi connectivity index (χ4v) is 2.85. The maximum absolute atomic E-state index is 12.0. The molecule has 1 aliphatic heterocycles. The van der Waals surface area contributed by atoms with E-state index in [1.54, 1.807) is 12.3 Å². The Morgan fingerprint density at radius 1 is 1.60 bits per heavy atom. The van der Waals surface area contributed by atoms with E-state index in [9.17, 15) is 19.5 Å². The molecule has 2 rings (SSSR count). The number of likely N-dealkylation sites (tertiary alicyclic amines) is 1. The number of aromatic amines is 1. The molecule has 1 aromatic heterocycles. The summed E-state index contributed by atoms with van der Waals surface area (Å²) in [4.78, 5) is 38.2. The van der Waals surface area contributed by atoms with Crippen LogP contribution in [0.25, 0.3) is 0 Å². The summed E-state index contributed by atoms with van der Waals surface area (Å²) in [6.07, 6.45) is 1.25. The Kier molecular flexibility index (Phi) is 4.12. The number of carbonyl (C=O) groups is 2. The SMILES string of the molecule is CC1(C(=O)O)CCCN(C(=O)NCc2csc(=O)[nH]2)C1. The minimum absolute atomic E-state index is 0.161. The van der Waals surface area contributed by atoms with E-state index in [4.69, 9.17) is 0 Å². The zero-order chi connectivity index (χ0) is 14.8. The molecule has 1 saturated heterocycles. The number of rotatable bonds is 3. The molecule has 1 aromatic rings. The molecule has 0 radical (unpaired) electrons. The summed E-state index contributed by atoms with van der Waals surface area (Å²) in [6.45, 7) is 2.65. The molecule has 1 atom stereocenters. The molecule has 20 heavy (non-hydrogen) atoms. The van der Waals surface area contributed by atoms with E-state index in [1.807, 2.05) is 0 Å². The van der Waals surface area contributed by atoms with E-state index < -0.39 is 11.4 Å². The Labute approximate surface area is 119 Å². The van der Waals surface area contributed by atoms with Gasteiger partial charge in [-0.25, -0.2) is 4.79 Å². The van der Waals surface area contributed by atoms with Gasteiger partial charge in [0.1, 0.15) is 0 Å². The lowest BCUT2D eigenvalue weighted by atomic mass is 9.82. The number of hydrogen-bond donors (Lipinski definition) is 3. The summed E-state index contributed by atoms with van der Waals surface area (Å²) in [7, 11) is 0. The number of amides is 2. The molecule has 8 heteroatoms. The van der Waals surface area contributed by atoms with Crippen LogP contribution in [0.5, 0.6) is 0 Å². The third-order valence-electron chi connectivity index (χ3n) is 3.50. The van der Waals surface area contributed by atoms with Gasteiger partial charge in [0.25, 0.3) is 0 Å². The summed E-state index contributed by atoms with van der Waals surface area (Å²) < 4.78 is 0. The van der Waals surface area contributed by atoms with E-state index in [2.05, 4.69) is 10.3 Å². The third-order valence-corrected chi connectivity index (χ3v) is 4.22. The van der Waals surface area contributed by atoms with Crippen molar-refractivity contribution in [2.45, 2.75) is 26.3 Å². The summed E-state index contributed by atoms with van der Waals surface area (Å²) >= 11 is 1.04. The Balaban J connectivity index is 1.92. The largest absolute Gasteiger partial charge is 0.481 e. The predicted molar refractivity (Wildman–Crippen MR) is 73.7 cm³/mol. The number of carbonyl (C=O) groups excluding carboxylic acids is 1. The summed E-state index contributed by atoms with van der Waals surface area (Å²) in [5.74, 6) is -0.878. The van der Waals surface area contributed by atoms with Gasteiger partial charge in [0.2, 0.25) is 0 Å². The van der Waals surface area contributed by atoms with Crippen LogP contribution in [0.4, 0.5) is 4.79 Å². The Morgan fingerprint density at radius 3 is 2.95 bits per heavy atom. The predicted octanol–water partition coefficient (Wildman–Crippen LogP) is 0.833. The van der Waals surface area contributed by atoms with Crippen LogP contribution in [-0.4, -0.2) is 40.1 Å². The average Bonchev–Trinajstić information content (AvgIpc) is 2.81. The van der Waals surface area contributed by atoms with Crippen LogP contribution >= 0.6 is 11.3 Å². The molecule has 1 aliphatic rings. The summed E-state index contributed by atoms with van der Waals surface area (Å²) in [6, 6.07) is -0.302. The Bertz CT molecular complexity index is 567. The highest BCUT2D eigenvalue weighted by atomic mass is 32.1. The smallest absolute Gasteiger partial charge is 0.317 e. The first kappa shape index (κ1) is 14.6. The minimum atomic E-state index is -0.883. The van der Waals surface area contributed by atoms with Crippen molar-refractivity contribution in [1.29, 1.82) is 0 Å². The van der Waals surface area contributed by atoms with Gasteiger partial charge < -0.3 is 20.3 Å². The van der Waals surface area contributed by atoms with Crippen LogP contribution in [0.15, 0.2) is 10.2 Å². The Hall–Kier alpha value is -1.83. The molecule has 0 spiro atoms. The zero-order valence-corrected chi connectivity index (χ0v) is 12.0. The number of thiazole rings is 1. The first-order chi connectivity index (χ1) is 9.40. The molecular formula is C12H17N3O4S. The lowest BCUT2D eigenvalue weighted by molar-refractivity contribution is -0.150. The van der Waals surface area contributed by atoms with Gasteiger partial charge in [-0.1, -0.05) is 11.3 Å². The summed E-state index contributed by atoms with van der Waals surface area (Å²) in [5, 5.41) is 13.6. The molecule has 2 heterocycles. The fourth-order valence-electron chi connectivity index (χ4n) is 2.27. The van der Waals surface area contributed by atoms with Crippen LogP contribution < -0.4 is 10.2 Å². The highest BCUT2D eigenvalue weighted by molar-refractivity contribution is 7.07. The van der Waals surface area contributed by atoms with Crippen molar-refractivity contribution in [2.75, 3.05) is 13.1 Å². The normalized spacial score (nSPS) is 22.6. The monoisotopic (exact) mass is 299 g/mol. The number of carboxylic acid groups (broad SMARTS) is 1. The molecule has 110 valence electrons. The van der Waals surface area contributed by atoms with Gasteiger partial charge in [-0.2, -0.15) is 0 Å². The van der Waals surface area contributed by atoms with Crippen LogP contribution in [0.3, 0.4) is 0 Å². The third kappa shape index (κ3) is 3.19.